The van der Waals surface area contributed by atoms with E-state index in [0.29, 0.717) is 6.04 Å². The van der Waals surface area contributed by atoms with Gasteiger partial charge in [0, 0.05) is 36.5 Å². The van der Waals surface area contributed by atoms with E-state index in [2.05, 4.69) is 15.3 Å². The molecule has 3 N–H and O–H groups in total. The van der Waals surface area contributed by atoms with Crippen molar-refractivity contribution in [2.45, 2.75) is 18.9 Å². The van der Waals surface area contributed by atoms with Gasteiger partial charge in [-0.3, -0.25) is 9.97 Å². The number of nitrogen functional groups attached to an aromatic ring is 1. The number of nitrogens with one attached hydrogen (secondary N) is 1. The van der Waals surface area contributed by atoms with Crippen molar-refractivity contribution >= 4 is 5.69 Å². The Balaban J connectivity index is 2.04. The largest absolute Gasteiger partial charge is 0.398 e. The normalized spacial score (nSPS) is 12.3. The molecule has 0 saturated heterocycles. The molecule has 1 unspecified atom stereocenters. The molecule has 0 aliphatic carbocycles. The summed E-state index contributed by atoms with van der Waals surface area (Å²) in [5.41, 5.74) is 9.10. The lowest BCUT2D eigenvalue weighted by Crippen LogP contribution is -2.30. The second-order valence-electron chi connectivity index (χ2n) is 4.32. The van der Waals surface area contributed by atoms with Gasteiger partial charge in [-0.05, 0) is 49.2 Å². The van der Waals surface area contributed by atoms with Crippen LogP contribution < -0.4 is 11.1 Å². The molecule has 0 aliphatic heterocycles. The van der Waals surface area contributed by atoms with Crippen LogP contribution in [0.1, 0.15) is 11.1 Å². The average Bonchev–Trinajstić information content (AvgIpc) is 2.41. The highest BCUT2D eigenvalue weighted by atomic mass is 14.9. The van der Waals surface area contributed by atoms with Gasteiger partial charge in [0.15, 0.2) is 0 Å². The fourth-order valence-electron chi connectivity index (χ4n) is 1.95. The van der Waals surface area contributed by atoms with Crippen LogP contribution >= 0.6 is 0 Å². The Morgan fingerprint density at radius 1 is 1.11 bits per heavy atom. The first-order valence-corrected chi connectivity index (χ1v) is 6.04. The van der Waals surface area contributed by atoms with E-state index in [4.69, 9.17) is 5.73 Å². The Bertz CT molecular complexity index is 484. The SMILES string of the molecule is CNC(Cc1ccncc1)Cc1cnccc1N. The first-order chi connectivity index (χ1) is 8.79. The van der Waals surface area contributed by atoms with Crippen molar-refractivity contribution < 1.29 is 0 Å². The molecule has 2 heterocycles. The lowest BCUT2D eigenvalue weighted by molar-refractivity contribution is 0.556. The van der Waals surface area contributed by atoms with Crippen molar-refractivity contribution in [3.8, 4) is 0 Å². The van der Waals surface area contributed by atoms with Gasteiger partial charge in [0.25, 0.3) is 0 Å². The van der Waals surface area contributed by atoms with Gasteiger partial charge < -0.3 is 11.1 Å². The molecule has 2 rings (SSSR count). The van der Waals surface area contributed by atoms with Crippen molar-refractivity contribution in [2.75, 3.05) is 12.8 Å². The first-order valence-electron chi connectivity index (χ1n) is 6.04. The van der Waals surface area contributed by atoms with Gasteiger partial charge in [0.05, 0.1) is 0 Å². The number of nitrogens with zero attached hydrogens (tertiary/aromatic N) is 2. The van der Waals surface area contributed by atoms with Crippen molar-refractivity contribution in [1.29, 1.82) is 0 Å². The van der Waals surface area contributed by atoms with Crippen LogP contribution in [0.4, 0.5) is 5.69 Å². The summed E-state index contributed by atoms with van der Waals surface area (Å²) in [6.07, 6.45) is 9.02. The number of aromatic nitrogens is 2. The summed E-state index contributed by atoms with van der Waals surface area (Å²) < 4.78 is 0. The highest BCUT2D eigenvalue weighted by Gasteiger charge is 2.10. The van der Waals surface area contributed by atoms with E-state index in [9.17, 15) is 0 Å². The second kappa shape index (κ2) is 6.12. The fraction of sp³-hybridized carbons (Fsp3) is 0.286. The van der Waals surface area contributed by atoms with Gasteiger partial charge in [-0.1, -0.05) is 0 Å². The van der Waals surface area contributed by atoms with Crippen LogP contribution in [0.3, 0.4) is 0 Å². The van der Waals surface area contributed by atoms with Crippen LogP contribution in [0.2, 0.25) is 0 Å². The van der Waals surface area contributed by atoms with Gasteiger partial charge in [0.1, 0.15) is 0 Å². The van der Waals surface area contributed by atoms with Crippen LogP contribution in [-0.4, -0.2) is 23.1 Å². The summed E-state index contributed by atoms with van der Waals surface area (Å²) in [4.78, 5) is 8.15. The maximum absolute atomic E-state index is 5.94. The fourth-order valence-corrected chi connectivity index (χ4v) is 1.95. The van der Waals surface area contributed by atoms with E-state index in [1.54, 1.807) is 6.20 Å². The van der Waals surface area contributed by atoms with E-state index < -0.39 is 0 Å². The standard InChI is InChI=1S/C14H18N4/c1-16-13(8-11-2-5-17-6-3-11)9-12-10-18-7-4-14(12)15/h2-7,10,13,16H,8-9H2,1H3,(H2,15,18). The summed E-state index contributed by atoms with van der Waals surface area (Å²) in [5.74, 6) is 0. The Hall–Kier alpha value is -1.94. The zero-order valence-corrected chi connectivity index (χ0v) is 10.5. The smallest absolute Gasteiger partial charge is 0.0378 e. The van der Waals surface area contributed by atoms with E-state index in [1.165, 1.54) is 5.56 Å². The number of pyridine rings is 2. The highest BCUT2D eigenvalue weighted by molar-refractivity contribution is 5.44. The third kappa shape index (κ3) is 3.28. The summed E-state index contributed by atoms with van der Waals surface area (Å²) in [6.45, 7) is 0. The predicted octanol–water partition coefficient (Wildman–Crippen LogP) is 1.43. The number of anilines is 1. The Morgan fingerprint density at radius 2 is 1.83 bits per heavy atom. The molecule has 0 saturated carbocycles. The van der Waals surface area contributed by atoms with Gasteiger partial charge in [-0.2, -0.15) is 0 Å². The summed E-state index contributed by atoms with van der Waals surface area (Å²) >= 11 is 0. The molecular weight excluding hydrogens is 224 g/mol. The average molecular weight is 242 g/mol. The van der Waals surface area contributed by atoms with Gasteiger partial charge in [-0.15, -0.1) is 0 Å². The Kier molecular flexibility index (Phi) is 4.25. The predicted molar refractivity (Wildman–Crippen MR) is 73.1 cm³/mol. The summed E-state index contributed by atoms with van der Waals surface area (Å²) in [5, 5.41) is 3.32. The van der Waals surface area contributed by atoms with Crippen LogP contribution in [-0.2, 0) is 12.8 Å². The molecule has 0 fully saturated rings. The molecule has 0 aromatic carbocycles. The van der Waals surface area contributed by atoms with Crippen molar-refractivity contribution in [2.24, 2.45) is 0 Å². The minimum Gasteiger partial charge on any atom is -0.398 e. The van der Waals surface area contributed by atoms with Crippen LogP contribution in [0.15, 0.2) is 43.0 Å². The summed E-state index contributed by atoms with van der Waals surface area (Å²) in [6, 6.07) is 6.27. The molecule has 4 nitrogen and oxygen atoms in total. The van der Waals surface area contributed by atoms with Crippen molar-refractivity contribution in [1.82, 2.24) is 15.3 Å². The molecule has 2 aromatic rings. The van der Waals surface area contributed by atoms with Crippen LogP contribution in [0, 0.1) is 0 Å². The number of nitrogens with two attached hydrogens (primary N) is 1. The van der Waals surface area contributed by atoms with E-state index in [1.807, 2.05) is 43.8 Å². The minimum atomic E-state index is 0.346. The highest BCUT2D eigenvalue weighted by Crippen LogP contribution is 2.13. The lowest BCUT2D eigenvalue weighted by atomic mass is 10.00. The van der Waals surface area contributed by atoms with Gasteiger partial charge in [0.2, 0.25) is 0 Å². The second-order valence-corrected chi connectivity index (χ2v) is 4.32. The molecular formula is C14H18N4. The van der Waals surface area contributed by atoms with Gasteiger partial charge >= 0.3 is 0 Å². The maximum Gasteiger partial charge on any atom is 0.0378 e. The number of hydrogen-bond acceptors (Lipinski definition) is 4. The minimum absolute atomic E-state index is 0.346. The molecule has 94 valence electrons. The van der Waals surface area contributed by atoms with Crippen LogP contribution in [0.5, 0.6) is 0 Å². The topological polar surface area (TPSA) is 63.8 Å². The molecule has 1 atom stereocenters. The zero-order valence-electron chi connectivity index (χ0n) is 10.5. The lowest BCUT2D eigenvalue weighted by Gasteiger charge is -2.17. The molecule has 2 aromatic heterocycles. The molecule has 0 bridgehead atoms. The van der Waals surface area contributed by atoms with Crippen molar-refractivity contribution in [3.05, 3.63) is 54.1 Å². The third-order valence-corrected chi connectivity index (χ3v) is 3.05. The van der Waals surface area contributed by atoms with E-state index >= 15 is 0 Å². The van der Waals surface area contributed by atoms with E-state index in [0.717, 1.165) is 24.1 Å². The Labute approximate surface area is 107 Å². The Morgan fingerprint density at radius 3 is 2.50 bits per heavy atom. The quantitative estimate of drug-likeness (QED) is 0.832. The first kappa shape index (κ1) is 12.5. The summed E-state index contributed by atoms with van der Waals surface area (Å²) in [7, 11) is 1.97. The number of hydrogen-bond donors (Lipinski definition) is 2. The molecule has 0 spiro atoms. The van der Waals surface area contributed by atoms with Crippen LogP contribution in [0.25, 0.3) is 0 Å². The van der Waals surface area contributed by atoms with Crippen molar-refractivity contribution in [3.63, 3.8) is 0 Å². The molecule has 0 amide bonds. The zero-order chi connectivity index (χ0) is 12.8. The molecule has 0 radical (unpaired) electrons. The molecule has 18 heavy (non-hydrogen) atoms. The number of likely N-dealkylation sites (N-methyl/N-ethyl adjacent to an activating group) is 1. The molecule has 4 heteroatoms. The van der Waals surface area contributed by atoms with Gasteiger partial charge in [-0.25, -0.2) is 0 Å². The van der Waals surface area contributed by atoms with E-state index in [-0.39, 0.29) is 0 Å². The molecule has 0 aliphatic rings. The number of rotatable bonds is 5. The third-order valence-electron chi connectivity index (χ3n) is 3.05. The maximum atomic E-state index is 5.94. The monoisotopic (exact) mass is 242 g/mol.